The summed E-state index contributed by atoms with van der Waals surface area (Å²) >= 11 is 0. The van der Waals surface area contributed by atoms with E-state index in [4.69, 9.17) is 12.2 Å². The zero-order chi connectivity index (χ0) is 11.5. The van der Waals surface area contributed by atoms with Crippen LogP contribution in [0.5, 0.6) is 0 Å². The topological polar surface area (TPSA) is 60.9 Å². The van der Waals surface area contributed by atoms with Crippen molar-refractivity contribution >= 4 is 16.8 Å². The molecular formula is C12H11N3O. The van der Waals surface area contributed by atoms with E-state index in [0.29, 0.717) is 6.54 Å². The first-order chi connectivity index (χ1) is 7.72. The molecule has 1 amide bonds. The maximum absolute atomic E-state index is 10.9. The number of carbonyl (C=O) groups excluding carboxylic acids is 1. The summed E-state index contributed by atoms with van der Waals surface area (Å²) in [6.07, 6.45) is 7.18. The van der Waals surface area contributed by atoms with Crippen LogP contribution in [0.3, 0.4) is 0 Å². The Labute approximate surface area is 93.0 Å². The number of hydrogen-bond donors (Lipinski definition) is 1. The smallest absolute Gasteiger partial charge is 0.221 e. The highest BCUT2D eigenvalue weighted by molar-refractivity contribution is 5.87. The fourth-order valence-corrected chi connectivity index (χ4v) is 1.72. The van der Waals surface area contributed by atoms with Crippen LogP contribution in [-0.4, -0.2) is 15.7 Å². The van der Waals surface area contributed by atoms with E-state index in [1.165, 1.54) is 0 Å². The van der Waals surface area contributed by atoms with Crippen molar-refractivity contribution in [3.8, 4) is 12.3 Å². The van der Waals surface area contributed by atoms with Gasteiger partial charge in [-0.15, -0.1) is 6.42 Å². The average molecular weight is 213 g/mol. The lowest BCUT2D eigenvalue weighted by Crippen LogP contribution is -2.13. The molecule has 1 heterocycles. The van der Waals surface area contributed by atoms with Gasteiger partial charge >= 0.3 is 0 Å². The summed E-state index contributed by atoms with van der Waals surface area (Å²) < 4.78 is 1.72. The molecule has 1 aromatic carbocycles. The number of nitrogens with two attached hydrogens (primary N) is 1. The lowest BCUT2D eigenvalue weighted by atomic mass is 10.1. The summed E-state index contributed by atoms with van der Waals surface area (Å²) in [5.41, 5.74) is 6.99. The molecule has 0 unspecified atom stereocenters. The van der Waals surface area contributed by atoms with Crippen molar-refractivity contribution in [3.63, 3.8) is 0 Å². The number of benzene rings is 1. The highest BCUT2D eigenvalue weighted by Crippen LogP contribution is 2.18. The van der Waals surface area contributed by atoms with Crippen LogP contribution >= 0.6 is 0 Å². The number of rotatable bonds is 3. The Morgan fingerprint density at radius 1 is 1.56 bits per heavy atom. The minimum absolute atomic E-state index is 0.221. The summed E-state index contributed by atoms with van der Waals surface area (Å²) in [5, 5.41) is 5.10. The SMILES string of the molecule is C#CCn1ncc2c(CC(N)=O)cccc21. The largest absolute Gasteiger partial charge is 0.369 e. The van der Waals surface area contributed by atoms with E-state index in [9.17, 15) is 4.79 Å². The molecule has 0 aliphatic rings. The zero-order valence-electron chi connectivity index (χ0n) is 8.68. The van der Waals surface area contributed by atoms with Gasteiger partial charge in [-0.25, -0.2) is 0 Å². The van der Waals surface area contributed by atoms with Crippen LogP contribution in [0.1, 0.15) is 5.56 Å². The number of amides is 1. The Balaban J connectivity index is 2.53. The van der Waals surface area contributed by atoms with Crippen molar-refractivity contribution in [3.05, 3.63) is 30.0 Å². The Hall–Kier alpha value is -2.28. The fourth-order valence-electron chi connectivity index (χ4n) is 1.72. The van der Waals surface area contributed by atoms with Gasteiger partial charge in [-0.05, 0) is 11.6 Å². The first-order valence-corrected chi connectivity index (χ1v) is 4.87. The normalized spacial score (nSPS) is 10.2. The van der Waals surface area contributed by atoms with Crippen molar-refractivity contribution in [1.82, 2.24) is 9.78 Å². The maximum Gasteiger partial charge on any atom is 0.221 e. The van der Waals surface area contributed by atoms with Crippen LogP contribution in [0.15, 0.2) is 24.4 Å². The number of carbonyl (C=O) groups is 1. The molecule has 80 valence electrons. The molecule has 2 rings (SSSR count). The summed E-state index contributed by atoms with van der Waals surface area (Å²) in [6.45, 7) is 0.420. The van der Waals surface area contributed by atoms with Crippen molar-refractivity contribution < 1.29 is 4.79 Å². The van der Waals surface area contributed by atoms with Crippen LogP contribution in [0.4, 0.5) is 0 Å². The molecule has 2 N–H and O–H groups in total. The van der Waals surface area contributed by atoms with E-state index >= 15 is 0 Å². The van der Waals surface area contributed by atoms with Gasteiger partial charge in [0.1, 0.15) is 6.54 Å². The molecule has 0 radical (unpaired) electrons. The highest BCUT2D eigenvalue weighted by Gasteiger charge is 2.07. The van der Waals surface area contributed by atoms with Gasteiger partial charge in [-0.3, -0.25) is 9.48 Å². The minimum Gasteiger partial charge on any atom is -0.369 e. The second-order valence-corrected chi connectivity index (χ2v) is 3.50. The van der Waals surface area contributed by atoms with Crippen LogP contribution in [-0.2, 0) is 17.8 Å². The van der Waals surface area contributed by atoms with Crippen molar-refractivity contribution in [2.45, 2.75) is 13.0 Å². The van der Waals surface area contributed by atoms with Crippen LogP contribution in [0, 0.1) is 12.3 Å². The Morgan fingerprint density at radius 2 is 2.38 bits per heavy atom. The van der Waals surface area contributed by atoms with Gasteiger partial charge < -0.3 is 5.73 Å². The number of fused-ring (bicyclic) bond motifs is 1. The first kappa shape index (κ1) is 10.2. The van der Waals surface area contributed by atoms with E-state index < -0.39 is 0 Å². The molecule has 0 aliphatic heterocycles. The number of hydrogen-bond acceptors (Lipinski definition) is 2. The first-order valence-electron chi connectivity index (χ1n) is 4.87. The molecule has 0 bridgehead atoms. The minimum atomic E-state index is -0.350. The molecule has 4 nitrogen and oxygen atoms in total. The van der Waals surface area contributed by atoms with Gasteiger partial charge in [0.25, 0.3) is 0 Å². The number of terminal acetylenes is 1. The van der Waals surface area contributed by atoms with E-state index in [2.05, 4.69) is 11.0 Å². The molecule has 16 heavy (non-hydrogen) atoms. The molecule has 1 aromatic heterocycles. The monoisotopic (exact) mass is 213 g/mol. The zero-order valence-corrected chi connectivity index (χ0v) is 8.68. The molecule has 0 saturated carbocycles. The van der Waals surface area contributed by atoms with Gasteiger partial charge in [-0.2, -0.15) is 5.10 Å². The third-order valence-electron chi connectivity index (χ3n) is 2.38. The van der Waals surface area contributed by atoms with Gasteiger partial charge in [0.2, 0.25) is 5.91 Å². The Morgan fingerprint density at radius 3 is 3.06 bits per heavy atom. The molecule has 0 aliphatic carbocycles. The van der Waals surface area contributed by atoms with Crippen LogP contribution < -0.4 is 5.73 Å². The number of primary amides is 1. The summed E-state index contributed by atoms with van der Waals surface area (Å²) in [6, 6.07) is 5.66. The molecule has 0 saturated heterocycles. The van der Waals surface area contributed by atoms with Gasteiger partial charge in [0, 0.05) is 5.39 Å². The van der Waals surface area contributed by atoms with Gasteiger partial charge in [0.05, 0.1) is 18.1 Å². The van der Waals surface area contributed by atoms with E-state index in [0.717, 1.165) is 16.5 Å². The number of nitrogens with zero attached hydrogens (tertiary/aromatic N) is 2. The molecular weight excluding hydrogens is 202 g/mol. The predicted octanol–water partition coefficient (Wildman–Crippen LogP) is 0.697. The second kappa shape index (κ2) is 4.07. The average Bonchev–Trinajstić information content (AvgIpc) is 2.63. The quantitative estimate of drug-likeness (QED) is 0.763. The van der Waals surface area contributed by atoms with Crippen molar-refractivity contribution in [1.29, 1.82) is 0 Å². The molecule has 0 fully saturated rings. The van der Waals surface area contributed by atoms with E-state index in [-0.39, 0.29) is 12.3 Å². The molecule has 0 atom stereocenters. The van der Waals surface area contributed by atoms with Gasteiger partial charge in [-0.1, -0.05) is 18.1 Å². The summed E-state index contributed by atoms with van der Waals surface area (Å²) in [5.74, 6) is 2.18. The molecule has 4 heteroatoms. The standard InChI is InChI=1S/C12H11N3O/c1-2-6-15-11-5-3-4-9(7-12(13)16)10(11)8-14-15/h1,3-5,8H,6-7H2,(H2,13,16). The van der Waals surface area contributed by atoms with Crippen LogP contribution in [0.2, 0.25) is 0 Å². The Bertz CT molecular complexity index is 577. The highest BCUT2D eigenvalue weighted by atomic mass is 16.1. The van der Waals surface area contributed by atoms with Crippen LogP contribution in [0.25, 0.3) is 10.9 Å². The van der Waals surface area contributed by atoms with E-state index in [1.54, 1.807) is 10.9 Å². The van der Waals surface area contributed by atoms with Crippen molar-refractivity contribution in [2.24, 2.45) is 5.73 Å². The third-order valence-corrected chi connectivity index (χ3v) is 2.38. The lowest BCUT2D eigenvalue weighted by molar-refractivity contribution is -0.117. The third kappa shape index (κ3) is 1.75. The van der Waals surface area contributed by atoms with Gasteiger partial charge in [0.15, 0.2) is 0 Å². The summed E-state index contributed by atoms with van der Waals surface area (Å²) in [4.78, 5) is 10.9. The molecule has 2 aromatic rings. The van der Waals surface area contributed by atoms with E-state index in [1.807, 2.05) is 18.2 Å². The second-order valence-electron chi connectivity index (χ2n) is 3.50. The maximum atomic E-state index is 10.9. The van der Waals surface area contributed by atoms with Crippen molar-refractivity contribution in [2.75, 3.05) is 0 Å². The fraction of sp³-hybridized carbons (Fsp3) is 0.167. The molecule has 0 spiro atoms. The predicted molar refractivity (Wildman–Crippen MR) is 61.5 cm³/mol. The lowest BCUT2D eigenvalue weighted by Gasteiger charge is -2.01. The Kier molecular flexibility index (Phi) is 2.61. The number of aromatic nitrogens is 2. The summed E-state index contributed by atoms with van der Waals surface area (Å²) in [7, 11) is 0.